The third-order valence-corrected chi connectivity index (χ3v) is 5.62. The van der Waals surface area contributed by atoms with Gasteiger partial charge in [0.05, 0.1) is 11.4 Å². The van der Waals surface area contributed by atoms with Crippen molar-refractivity contribution in [3.05, 3.63) is 69.6 Å². The van der Waals surface area contributed by atoms with Gasteiger partial charge in [0.2, 0.25) is 0 Å². The lowest BCUT2D eigenvalue weighted by molar-refractivity contribution is -0.123. The second-order valence-corrected chi connectivity index (χ2v) is 8.23. The molecule has 0 aromatic heterocycles. The van der Waals surface area contributed by atoms with Crippen LogP contribution in [0.1, 0.15) is 42.0 Å². The fourth-order valence-corrected chi connectivity index (χ4v) is 3.93. The molecule has 2 aromatic rings. The van der Waals surface area contributed by atoms with Gasteiger partial charge < -0.3 is 4.74 Å². The topological polar surface area (TPSA) is 46.6 Å². The molecular formula is C23H25NO3S. The van der Waals surface area contributed by atoms with Gasteiger partial charge in [-0.2, -0.15) is 0 Å². The zero-order valence-corrected chi connectivity index (χ0v) is 17.5. The largest absolute Gasteiger partial charge is 0.491 e. The van der Waals surface area contributed by atoms with Crippen molar-refractivity contribution >= 4 is 29.0 Å². The Hall–Kier alpha value is -2.53. The predicted molar refractivity (Wildman–Crippen MR) is 115 cm³/mol. The highest BCUT2D eigenvalue weighted by atomic mass is 32.2. The Labute approximate surface area is 170 Å². The van der Waals surface area contributed by atoms with Gasteiger partial charge >= 0.3 is 0 Å². The number of aryl methyl sites for hydroxylation is 2. The van der Waals surface area contributed by atoms with E-state index in [-0.39, 0.29) is 24.3 Å². The first kappa shape index (κ1) is 20.2. The van der Waals surface area contributed by atoms with Gasteiger partial charge in [0, 0.05) is 0 Å². The van der Waals surface area contributed by atoms with E-state index in [9.17, 15) is 9.59 Å². The van der Waals surface area contributed by atoms with Crippen molar-refractivity contribution in [1.82, 2.24) is 4.90 Å². The molecule has 28 heavy (non-hydrogen) atoms. The summed E-state index contributed by atoms with van der Waals surface area (Å²) >= 11 is 0.985. The van der Waals surface area contributed by atoms with Crippen LogP contribution in [0.25, 0.3) is 6.08 Å². The van der Waals surface area contributed by atoms with Gasteiger partial charge in [0.15, 0.2) is 0 Å². The van der Waals surface area contributed by atoms with Gasteiger partial charge in [0.1, 0.15) is 12.4 Å². The van der Waals surface area contributed by atoms with Crippen molar-refractivity contribution in [3.63, 3.8) is 0 Å². The summed E-state index contributed by atoms with van der Waals surface area (Å²) in [6, 6.07) is 13.9. The molecule has 0 unspecified atom stereocenters. The average Bonchev–Trinajstić information content (AvgIpc) is 2.91. The van der Waals surface area contributed by atoms with Gasteiger partial charge in [-0.05, 0) is 65.9 Å². The molecule has 2 amide bonds. The highest BCUT2D eigenvalue weighted by Gasteiger charge is 2.34. The minimum absolute atomic E-state index is 0.237. The van der Waals surface area contributed by atoms with Crippen LogP contribution in [0.4, 0.5) is 4.79 Å². The summed E-state index contributed by atoms with van der Waals surface area (Å²) in [6.07, 6.45) is 1.79. The molecule has 3 rings (SSSR count). The first-order valence-electron chi connectivity index (χ1n) is 9.41. The van der Waals surface area contributed by atoms with E-state index in [1.54, 1.807) is 6.08 Å². The number of thioether (sulfide) groups is 1. The van der Waals surface area contributed by atoms with Crippen molar-refractivity contribution in [1.29, 1.82) is 0 Å². The van der Waals surface area contributed by atoms with Crippen LogP contribution in [0.3, 0.4) is 0 Å². The monoisotopic (exact) mass is 395 g/mol. The van der Waals surface area contributed by atoms with Crippen LogP contribution in [0.2, 0.25) is 0 Å². The number of ether oxygens (including phenoxy) is 1. The fourth-order valence-electron chi connectivity index (χ4n) is 3.07. The first-order chi connectivity index (χ1) is 13.4. The van der Waals surface area contributed by atoms with Gasteiger partial charge in [-0.15, -0.1) is 0 Å². The second kappa shape index (κ2) is 8.65. The van der Waals surface area contributed by atoms with Gasteiger partial charge in [-0.25, -0.2) is 0 Å². The van der Waals surface area contributed by atoms with Gasteiger partial charge in [-0.1, -0.05) is 50.2 Å². The second-order valence-electron chi connectivity index (χ2n) is 7.23. The number of carbonyl (C=O) groups excluding carboxylic acids is 2. The molecule has 146 valence electrons. The number of hydrogen-bond donors (Lipinski definition) is 0. The van der Waals surface area contributed by atoms with Gasteiger partial charge in [-0.3, -0.25) is 14.5 Å². The summed E-state index contributed by atoms with van der Waals surface area (Å²) in [7, 11) is 0. The average molecular weight is 396 g/mol. The maximum absolute atomic E-state index is 12.7. The SMILES string of the molecule is Cc1ccc(C(C)C)c(OCCN2C(=O)S/C(=C\c3ccccc3C)C2=O)c1. The zero-order chi connectivity index (χ0) is 20.3. The molecule has 1 heterocycles. The smallest absolute Gasteiger partial charge is 0.293 e. The summed E-state index contributed by atoms with van der Waals surface area (Å²) in [5.74, 6) is 0.900. The fraction of sp³-hybridized carbons (Fsp3) is 0.304. The van der Waals surface area contributed by atoms with Crippen molar-refractivity contribution in [3.8, 4) is 5.75 Å². The summed E-state index contributed by atoms with van der Waals surface area (Å²) < 4.78 is 5.94. The number of carbonyl (C=O) groups is 2. The van der Waals surface area contributed by atoms with Crippen LogP contribution in [0.15, 0.2) is 47.4 Å². The van der Waals surface area contributed by atoms with Crippen LogP contribution in [0.5, 0.6) is 5.75 Å². The molecular weight excluding hydrogens is 370 g/mol. The Bertz CT molecular complexity index is 933. The minimum Gasteiger partial charge on any atom is -0.491 e. The molecule has 2 aromatic carbocycles. The normalized spacial score (nSPS) is 15.8. The number of hydrogen-bond acceptors (Lipinski definition) is 4. The standard InChI is InChI=1S/C23H25NO3S/c1-15(2)19-10-9-16(3)13-20(19)27-12-11-24-22(25)21(28-23(24)26)14-18-8-6-5-7-17(18)4/h5-10,13-15H,11-12H2,1-4H3/b21-14-. The van der Waals surface area contributed by atoms with Gasteiger partial charge in [0.25, 0.3) is 11.1 Å². The Morgan fingerprint density at radius 3 is 2.57 bits per heavy atom. The molecule has 0 spiro atoms. The summed E-state index contributed by atoms with van der Waals surface area (Å²) in [4.78, 5) is 26.7. The van der Waals surface area contributed by atoms with Crippen molar-refractivity contribution < 1.29 is 14.3 Å². The molecule has 0 atom stereocenters. The number of nitrogens with zero attached hydrogens (tertiary/aromatic N) is 1. The van der Waals surface area contributed by atoms with E-state index < -0.39 is 0 Å². The lowest BCUT2D eigenvalue weighted by atomic mass is 10.0. The summed E-state index contributed by atoms with van der Waals surface area (Å²) in [5, 5.41) is -0.248. The lowest BCUT2D eigenvalue weighted by Gasteiger charge is -2.17. The van der Waals surface area contributed by atoms with Crippen LogP contribution in [-0.2, 0) is 4.79 Å². The van der Waals surface area contributed by atoms with E-state index in [1.807, 2.05) is 44.2 Å². The van der Waals surface area contributed by atoms with Crippen LogP contribution >= 0.6 is 11.8 Å². The Morgan fingerprint density at radius 1 is 1.11 bits per heavy atom. The van der Waals surface area contributed by atoms with E-state index in [0.717, 1.165) is 39.8 Å². The number of imide groups is 1. The zero-order valence-electron chi connectivity index (χ0n) is 16.7. The Kier molecular flexibility index (Phi) is 6.25. The Balaban J connectivity index is 1.68. The number of benzene rings is 2. The molecule has 0 N–H and O–H groups in total. The minimum atomic E-state index is -0.254. The molecule has 0 aliphatic carbocycles. The molecule has 5 heteroatoms. The van der Waals surface area contributed by atoms with Crippen molar-refractivity contribution in [2.45, 2.75) is 33.6 Å². The third-order valence-electron chi connectivity index (χ3n) is 4.71. The van der Waals surface area contributed by atoms with Crippen LogP contribution in [0, 0.1) is 13.8 Å². The molecule has 1 saturated heterocycles. The highest BCUT2D eigenvalue weighted by Crippen LogP contribution is 2.33. The van der Waals surface area contributed by atoms with E-state index >= 15 is 0 Å². The third kappa shape index (κ3) is 4.47. The quantitative estimate of drug-likeness (QED) is 0.602. The maximum Gasteiger partial charge on any atom is 0.293 e. The van der Waals surface area contributed by atoms with Crippen LogP contribution < -0.4 is 4.74 Å². The Morgan fingerprint density at radius 2 is 1.86 bits per heavy atom. The molecule has 1 fully saturated rings. The van der Waals surface area contributed by atoms with Crippen molar-refractivity contribution in [2.24, 2.45) is 0 Å². The number of amides is 2. The molecule has 1 aliphatic heterocycles. The molecule has 0 bridgehead atoms. The summed E-state index contributed by atoms with van der Waals surface area (Å²) in [5.41, 5.74) is 4.26. The first-order valence-corrected chi connectivity index (χ1v) is 10.2. The number of rotatable bonds is 6. The van der Waals surface area contributed by atoms with E-state index in [2.05, 4.69) is 26.0 Å². The molecule has 0 saturated carbocycles. The highest BCUT2D eigenvalue weighted by molar-refractivity contribution is 8.18. The lowest BCUT2D eigenvalue weighted by Crippen LogP contribution is -2.32. The predicted octanol–water partition coefficient (Wildman–Crippen LogP) is 5.54. The summed E-state index contributed by atoms with van der Waals surface area (Å²) in [6.45, 7) is 8.75. The van der Waals surface area contributed by atoms with E-state index in [4.69, 9.17) is 4.74 Å². The molecule has 0 radical (unpaired) electrons. The van der Waals surface area contributed by atoms with Crippen molar-refractivity contribution in [2.75, 3.05) is 13.2 Å². The molecule has 4 nitrogen and oxygen atoms in total. The maximum atomic E-state index is 12.7. The van der Waals surface area contributed by atoms with E-state index in [0.29, 0.717) is 10.8 Å². The van der Waals surface area contributed by atoms with Crippen LogP contribution in [-0.4, -0.2) is 29.2 Å². The molecule has 1 aliphatic rings. The van der Waals surface area contributed by atoms with E-state index in [1.165, 1.54) is 4.90 Å².